The minimum atomic E-state index is -1.000. The molecule has 3 heterocycles. The Morgan fingerprint density at radius 1 is 1.18 bits per heavy atom. The van der Waals surface area contributed by atoms with Gasteiger partial charge < -0.3 is 19.7 Å². The lowest BCUT2D eigenvalue weighted by molar-refractivity contribution is -0.140. The van der Waals surface area contributed by atoms with Crippen LogP contribution < -0.4 is 4.74 Å². The molecule has 1 aliphatic carbocycles. The van der Waals surface area contributed by atoms with Gasteiger partial charge in [-0.1, -0.05) is 47.9 Å². The van der Waals surface area contributed by atoms with E-state index in [1.807, 2.05) is 29.2 Å². The molecular weight excluding hydrogens is 504 g/mol. The molecule has 0 radical (unpaired) electrons. The van der Waals surface area contributed by atoms with Gasteiger partial charge in [0.2, 0.25) is 5.91 Å². The lowest BCUT2D eigenvalue weighted by Crippen LogP contribution is -2.44. The fourth-order valence-corrected chi connectivity index (χ4v) is 4.95. The third kappa shape index (κ3) is 5.29. The molecule has 0 bridgehead atoms. The third-order valence-corrected chi connectivity index (χ3v) is 7.30. The largest absolute Gasteiger partial charge is 0.478 e. The van der Waals surface area contributed by atoms with Crippen molar-refractivity contribution < 1.29 is 19.4 Å². The van der Waals surface area contributed by atoms with E-state index in [9.17, 15) is 9.59 Å². The number of pyridine rings is 1. The summed E-state index contributed by atoms with van der Waals surface area (Å²) in [5.74, 6) is 1.87. The highest BCUT2D eigenvalue weighted by Gasteiger charge is 2.39. The Balaban J connectivity index is 1.28. The van der Waals surface area contributed by atoms with Crippen LogP contribution in [0.15, 0.2) is 48.1 Å². The summed E-state index contributed by atoms with van der Waals surface area (Å²) in [6.45, 7) is 3.24. The number of halogens is 1. The van der Waals surface area contributed by atoms with Gasteiger partial charge in [0.1, 0.15) is 6.10 Å². The summed E-state index contributed by atoms with van der Waals surface area (Å²) in [6, 6.07) is 9.50. The number of rotatable bonds is 7. The second-order valence-electron chi connectivity index (χ2n) is 9.63. The molecule has 0 spiro atoms. The van der Waals surface area contributed by atoms with Crippen LogP contribution in [0.4, 0.5) is 0 Å². The molecule has 2 N–H and O–H groups in total. The molecule has 0 unspecified atom stereocenters. The van der Waals surface area contributed by atoms with Gasteiger partial charge in [0.15, 0.2) is 5.65 Å². The number of fused-ring (bicyclic) bond motifs is 1. The monoisotopic (exact) mass is 530 g/mol. The zero-order valence-electron chi connectivity index (χ0n) is 20.9. The van der Waals surface area contributed by atoms with Crippen molar-refractivity contribution in [1.29, 1.82) is 0 Å². The zero-order valence-corrected chi connectivity index (χ0v) is 21.7. The van der Waals surface area contributed by atoms with E-state index in [0.717, 1.165) is 37.1 Å². The highest BCUT2D eigenvalue weighted by atomic mass is 35.5. The van der Waals surface area contributed by atoms with Gasteiger partial charge in [-0.25, -0.2) is 9.78 Å². The fourth-order valence-electron chi connectivity index (χ4n) is 4.69. The van der Waals surface area contributed by atoms with Crippen LogP contribution in [0, 0.1) is 18.3 Å². The first-order chi connectivity index (χ1) is 18.3. The topological polar surface area (TPSA) is 108 Å². The van der Waals surface area contributed by atoms with Crippen LogP contribution in [0.3, 0.4) is 0 Å². The summed E-state index contributed by atoms with van der Waals surface area (Å²) in [7, 11) is 0. The molecule has 3 aromatic rings. The molecule has 1 saturated carbocycles. The van der Waals surface area contributed by atoms with Crippen molar-refractivity contribution in [1.82, 2.24) is 19.9 Å². The second-order valence-corrected chi connectivity index (χ2v) is 10.0. The maximum absolute atomic E-state index is 12.5. The number of hydrogen-bond acceptors (Lipinski definition) is 5. The first kappa shape index (κ1) is 25.6. The molecule has 1 aromatic carbocycles. The zero-order chi connectivity index (χ0) is 26.8. The number of H-pyrrole nitrogens is 1. The molecule has 2 aliphatic rings. The number of carboxylic acids is 1. The molecule has 1 aliphatic heterocycles. The van der Waals surface area contributed by atoms with Crippen LogP contribution in [-0.4, -0.2) is 56.0 Å². The summed E-state index contributed by atoms with van der Waals surface area (Å²) in [6.07, 6.45) is 12.2. The molecule has 0 atom stereocenters. The minimum absolute atomic E-state index is 0.0340. The number of benzene rings is 1. The number of allylic oxidation sites excluding steroid dienone is 3. The number of ether oxygens (including phenoxy) is 1. The van der Waals surface area contributed by atoms with Gasteiger partial charge in [-0.3, -0.25) is 4.79 Å². The number of nitrogens with one attached hydrogen (secondary N) is 1. The Labute approximate surface area is 225 Å². The summed E-state index contributed by atoms with van der Waals surface area (Å²) in [5.41, 5.74) is 3.99. The maximum Gasteiger partial charge on any atom is 0.331 e. The average Bonchev–Trinajstić information content (AvgIpc) is 3.55. The van der Waals surface area contributed by atoms with E-state index < -0.39 is 5.97 Å². The molecule has 38 heavy (non-hydrogen) atoms. The minimum Gasteiger partial charge on any atom is -0.478 e. The van der Waals surface area contributed by atoms with Gasteiger partial charge in [0, 0.05) is 35.7 Å². The van der Waals surface area contributed by atoms with Crippen LogP contribution in [0.1, 0.15) is 38.2 Å². The van der Waals surface area contributed by atoms with Gasteiger partial charge in [-0.15, -0.1) is 6.42 Å². The molecule has 5 rings (SSSR count). The number of amides is 1. The number of hydrogen-bond donors (Lipinski definition) is 2. The van der Waals surface area contributed by atoms with Gasteiger partial charge >= 0.3 is 5.97 Å². The van der Waals surface area contributed by atoms with Crippen LogP contribution >= 0.6 is 11.6 Å². The number of terminal acetylenes is 1. The Morgan fingerprint density at radius 2 is 1.89 bits per heavy atom. The van der Waals surface area contributed by atoms with Gasteiger partial charge in [0.05, 0.1) is 16.2 Å². The highest BCUT2D eigenvalue weighted by Crippen LogP contribution is 2.34. The smallest absolute Gasteiger partial charge is 0.331 e. The number of likely N-dealkylation sites (tertiary alicyclic amines) is 1. The number of carbonyl (C=O) groups excluding carboxylic acids is 1. The molecule has 8 nitrogen and oxygen atoms in total. The lowest BCUT2D eigenvalue weighted by Gasteiger charge is -2.35. The number of imidazole rings is 1. The molecule has 194 valence electrons. The number of aliphatic carboxylic acids is 1. The SMILES string of the molecule is C#C/C(=C\C=C(/C)C(=O)O)c1ccc(-c2nc3nc(O[C@H]4C[C@@H](C(=O)N5CCCC5)C4)[nH]c3cc2Cl)cc1. The van der Waals surface area contributed by atoms with Crippen molar-refractivity contribution >= 4 is 40.2 Å². The van der Waals surface area contributed by atoms with Crippen LogP contribution in [0.25, 0.3) is 28.0 Å². The van der Waals surface area contributed by atoms with Crippen LogP contribution in [0.2, 0.25) is 5.02 Å². The summed E-state index contributed by atoms with van der Waals surface area (Å²) < 4.78 is 5.99. The van der Waals surface area contributed by atoms with Gasteiger partial charge in [-0.2, -0.15) is 4.98 Å². The summed E-state index contributed by atoms with van der Waals surface area (Å²) in [4.78, 5) is 37.8. The summed E-state index contributed by atoms with van der Waals surface area (Å²) >= 11 is 6.55. The predicted molar refractivity (Wildman–Crippen MR) is 145 cm³/mol. The highest BCUT2D eigenvalue weighted by molar-refractivity contribution is 6.33. The molecule has 1 saturated heterocycles. The van der Waals surface area contributed by atoms with E-state index in [0.29, 0.717) is 46.3 Å². The van der Waals surface area contributed by atoms with Crippen LogP contribution in [-0.2, 0) is 9.59 Å². The average molecular weight is 531 g/mol. The summed E-state index contributed by atoms with van der Waals surface area (Å²) in [5, 5.41) is 9.48. The van der Waals surface area contributed by atoms with Crippen molar-refractivity contribution in [3.63, 3.8) is 0 Å². The Hall–Kier alpha value is -4.09. The standard InChI is InChI=1S/C29H27ClN4O4/c1-3-18(7-6-17(2)28(36)37)19-8-10-20(11-9-19)25-23(30)16-24-26(32-25)33-29(31-24)38-22-14-21(15-22)27(35)34-12-4-5-13-34/h1,6-11,16,21-22H,4-5,12-15H2,2H3,(H,36,37)(H,31,32,33)/b17-6+,18-7+/t21-,22+. The Morgan fingerprint density at radius 3 is 2.55 bits per heavy atom. The Kier molecular flexibility index (Phi) is 7.21. The molecule has 2 fully saturated rings. The fraction of sp³-hybridized carbons (Fsp3) is 0.310. The molecule has 2 aromatic heterocycles. The second kappa shape index (κ2) is 10.7. The van der Waals surface area contributed by atoms with E-state index in [2.05, 4.69) is 20.9 Å². The molecule has 1 amide bonds. The van der Waals surface area contributed by atoms with Crippen molar-refractivity contribution in [2.75, 3.05) is 13.1 Å². The Bertz CT molecular complexity index is 1490. The van der Waals surface area contributed by atoms with E-state index in [1.54, 1.807) is 12.1 Å². The van der Waals surface area contributed by atoms with Gasteiger partial charge in [-0.05, 0) is 50.3 Å². The van der Waals surface area contributed by atoms with Crippen molar-refractivity contribution in [3.8, 4) is 29.6 Å². The number of nitrogens with zero attached hydrogens (tertiary/aromatic N) is 3. The van der Waals surface area contributed by atoms with E-state index in [1.165, 1.54) is 13.0 Å². The van der Waals surface area contributed by atoms with Crippen molar-refractivity contribution in [2.24, 2.45) is 5.92 Å². The van der Waals surface area contributed by atoms with Crippen molar-refractivity contribution in [2.45, 2.75) is 38.7 Å². The third-order valence-electron chi connectivity index (χ3n) is 7.01. The number of aromatic amines is 1. The number of carboxylic acid groups (broad SMARTS) is 1. The van der Waals surface area contributed by atoms with Crippen LogP contribution in [0.5, 0.6) is 6.01 Å². The lowest BCUT2D eigenvalue weighted by atomic mass is 9.81. The normalized spacial score (nSPS) is 19.8. The quantitative estimate of drug-likeness (QED) is 0.250. The van der Waals surface area contributed by atoms with E-state index in [4.69, 9.17) is 27.9 Å². The van der Waals surface area contributed by atoms with E-state index >= 15 is 0 Å². The number of aromatic nitrogens is 3. The first-order valence-corrected chi connectivity index (χ1v) is 12.9. The van der Waals surface area contributed by atoms with Gasteiger partial charge in [0.25, 0.3) is 6.01 Å². The first-order valence-electron chi connectivity index (χ1n) is 12.5. The predicted octanol–water partition coefficient (Wildman–Crippen LogP) is 5.11. The molecular formula is C29H27ClN4O4. The maximum atomic E-state index is 12.5. The molecule has 9 heteroatoms. The van der Waals surface area contributed by atoms with E-state index in [-0.39, 0.29) is 23.5 Å². The van der Waals surface area contributed by atoms with Crippen molar-refractivity contribution in [3.05, 3.63) is 58.6 Å². The number of carbonyl (C=O) groups is 2.